The number of allylic oxidation sites excluding steroid dienone is 16. The summed E-state index contributed by atoms with van der Waals surface area (Å²) >= 11 is 0. The molecule has 0 radical (unpaired) electrons. The molecule has 490 valence electrons. The van der Waals surface area contributed by atoms with E-state index in [9.17, 15) is 19.5 Å². The Morgan fingerprint density at radius 3 is 0.941 bits per heavy atom. The van der Waals surface area contributed by atoms with Crippen LogP contribution in [-0.4, -0.2) is 82.3 Å². The van der Waals surface area contributed by atoms with Gasteiger partial charge in [0.05, 0.1) is 40.3 Å². The van der Waals surface area contributed by atoms with E-state index in [0.29, 0.717) is 23.9 Å². The van der Waals surface area contributed by atoms with Crippen molar-refractivity contribution in [3.8, 4) is 0 Å². The minimum Gasteiger partial charge on any atom is -0.545 e. The van der Waals surface area contributed by atoms with E-state index in [1.54, 1.807) is 0 Å². The van der Waals surface area contributed by atoms with Crippen LogP contribution in [-0.2, 0) is 33.3 Å². The highest BCUT2D eigenvalue weighted by Gasteiger charge is 2.22. The zero-order valence-corrected chi connectivity index (χ0v) is 56.0. The molecule has 0 spiro atoms. The first kappa shape index (κ1) is 81.2. The quantitative estimate of drug-likeness (QED) is 0.0195. The van der Waals surface area contributed by atoms with Crippen LogP contribution in [0, 0.1) is 0 Å². The molecule has 0 saturated carbocycles. The van der Waals surface area contributed by atoms with Crippen LogP contribution >= 0.6 is 0 Å². The first-order valence-electron chi connectivity index (χ1n) is 35.4. The van der Waals surface area contributed by atoms with Gasteiger partial charge in [-0.1, -0.05) is 304 Å². The van der Waals surface area contributed by atoms with E-state index < -0.39 is 24.3 Å². The highest BCUT2D eigenvalue weighted by Crippen LogP contribution is 2.18. The number of rotatable bonds is 65. The van der Waals surface area contributed by atoms with E-state index in [-0.39, 0.29) is 32.2 Å². The summed E-state index contributed by atoms with van der Waals surface area (Å²) in [6, 6.07) is 0. The number of ether oxygens (including phenoxy) is 4. The molecule has 0 aromatic heterocycles. The van der Waals surface area contributed by atoms with Crippen molar-refractivity contribution < 1.29 is 42.9 Å². The second kappa shape index (κ2) is 66.2. The Kier molecular flexibility index (Phi) is 63.2. The van der Waals surface area contributed by atoms with Gasteiger partial charge in [-0.2, -0.15) is 0 Å². The fourth-order valence-electron chi connectivity index (χ4n) is 9.99. The zero-order chi connectivity index (χ0) is 61.9. The number of carboxylic acid groups (broad SMARTS) is 1. The van der Waals surface area contributed by atoms with Crippen LogP contribution in [0.3, 0.4) is 0 Å². The maximum atomic E-state index is 12.9. The number of carboxylic acids is 1. The van der Waals surface area contributed by atoms with Gasteiger partial charge >= 0.3 is 11.9 Å². The minimum absolute atomic E-state index is 0.146. The third-order valence-electron chi connectivity index (χ3n) is 15.3. The molecule has 85 heavy (non-hydrogen) atoms. The van der Waals surface area contributed by atoms with Gasteiger partial charge in [0.1, 0.15) is 13.2 Å². The molecule has 0 amide bonds. The number of carbonyl (C=O) groups excluding carboxylic acids is 3. The summed E-state index contributed by atoms with van der Waals surface area (Å²) < 4.78 is 22.8. The number of hydrogen-bond donors (Lipinski definition) is 0. The monoisotopic (exact) mass is 1190 g/mol. The number of aliphatic carboxylic acids is 1. The summed E-state index contributed by atoms with van der Waals surface area (Å²) in [6.07, 6.45) is 87.8. The predicted molar refractivity (Wildman–Crippen MR) is 361 cm³/mol. The lowest BCUT2D eigenvalue weighted by atomic mass is 10.0. The average molecular weight is 1190 g/mol. The highest BCUT2D eigenvalue weighted by molar-refractivity contribution is 5.70. The number of quaternary nitrogens is 1. The number of unbranched alkanes of at least 4 members (excludes halogenated alkanes) is 34. The molecule has 0 N–H and O–H groups in total. The van der Waals surface area contributed by atoms with Gasteiger partial charge in [0.2, 0.25) is 0 Å². The van der Waals surface area contributed by atoms with Crippen LogP contribution in [0.2, 0.25) is 0 Å². The lowest BCUT2D eigenvalue weighted by Gasteiger charge is -2.26. The molecule has 0 fully saturated rings. The van der Waals surface area contributed by atoms with Crippen LogP contribution < -0.4 is 5.11 Å². The van der Waals surface area contributed by atoms with E-state index in [4.69, 9.17) is 18.9 Å². The average Bonchev–Trinajstić information content (AvgIpc) is 3.49. The van der Waals surface area contributed by atoms with Crippen LogP contribution in [0.25, 0.3) is 0 Å². The molecule has 0 bridgehead atoms. The van der Waals surface area contributed by atoms with Gasteiger partial charge in [0.25, 0.3) is 0 Å². The summed E-state index contributed by atoms with van der Waals surface area (Å²) in [6.45, 7) is 4.56. The van der Waals surface area contributed by atoms with Crippen LogP contribution in [0.15, 0.2) is 97.2 Å². The van der Waals surface area contributed by atoms with E-state index in [0.717, 1.165) is 83.5 Å². The highest BCUT2D eigenvalue weighted by atomic mass is 16.7. The first-order chi connectivity index (χ1) is 41.6. The van der Waals surface area contributed by atoms with Gasteiger partial charge in [-0.05, 0) is 89.9 Å². The molecule has 0 aromatic rings. The topological polar surface area (TPSA) is 111 Å². The number of nitrogens with zero attached hydrogens (tertiary/aromatic N) is 1. The molecular weight excluding hydrogens is 1050 g/mol. The largest absolute Gasteiger partial charge is 0.545 e. The third-order valence-corrected chi connectivity index (χ3v) is 15.3. The van der Waals surface area contributed by atoms with Crippen LogP contribution in [0.1, 0.15) is 309 Å². The Morgan fingerprint density at radius 1 is 0.353 bits per heavy atom. The van der Waals surface area contributed by atoms with Crippen molar-refractivity contribution in [2.45, 2.75) is 322 Å². The van der Waals surface area contributed by atoms with Crippen LogP contribution in [0.5, 0.6) is 0 Å². The standard InChI is InChI=1S/C76H133NO8/c1-6-8-10-12-14-16-18-20-22-24-26-28-30-32-34-36-37-39-41-43-45-47-49-51-53-55-57-59-61-63-65-67-74(79)85-72(71-84-76(75(80)81)82-69-68-77(3,4)5)70-83-73(78)66-64-62-60-58-56-54-52-50-48-46-44-42-40-38-35-33-31-29-27-25-23-21-19-17-15-13-11-9-7-2/h8-11,14-17,20-23,26-29,72,76H,6-7,12-13,18-19,24-25,30-71H2,1-5H3/b10-8-,11-9-,16-14-,17-15-,22-20-,23-21-,28-26-,29-27-. The molecule has 0 heterocycles. The SMILES string of the molecule is CC/C=C\C/C=C\C/C=C\C/C=C\CCCCCCCCCCCCCCCCCCCCC(=O)OC(COC(=O)CCCCCCCCCCCCCCCCCC/C=C\C/C=C\C/C=C\C/C=C\CC)COC(OCC[N+](C)(C)C)C(=O)[O-]. The minimum atomic E-state index is -1.62. The fourth-order valence-corrected chi connectivity index (χ4v) is 9.99. The molecule has 2 atom stereocenters. The Hall–Kier alpha value is -3.79. The van der Waals surface area contributed by atoms with E-state index in [1.165, 1.54) is 193 Å². The Labute approximate surface area is 524 Å². The summed E-state index contributed by atoms with van der Waals surface area (Å²) in [4.78, 5) is 37.5. The lowest BCUT2D eigenvalue weighted by molar-refractivity contribution is -0.870. The van der Waals surface area contributed by atoms with Crippen molar-refractivity contribution in [1.82, 2.24) is 0 Å². The Balaban J connectivity index is 4.08. The Morgan fingerprint density at radius 2 is 0.635 bits per heavy atom. The smallest absolute Gasteiger partial charge is 0.306 e. The van der Waals surface area contributed by atoms with Crippen molar-refractivity contribution in [2.24, 2.45) is 0 Å². The second-order valence-corrected chi connectivity index (χ2v) is 24.8. The van der Waals surface area contributed by atoms with Gasteiger partial charge in [0, 0.05) is 12.8 Å². The predicted octanol–water partition coefficient (Wildman–Crippen LogP) is 20.7. The summed E-state index contributed by atoms with van der Waals surface area (Å²) in [7, 11) is 5.94. The molecule has 9 heteroatoms. The molecule has 0 aliphatic rings. The molecule has 9 nitrogen and oxygen atoms in total. The van der Waals surface area contributed by atoms with Gasteiger partial charge in [-0.3, -0.25) is 9.59 Å². The van der Waals surface area contributed by atoms with Gasteiger partial charge < -0.3 is 33.3 Å². The normalized spacial score (nSPS) is 13.3. The maximum Gasteiger partial charge on any atom is 0.306 e. The first-order valence-corrected chi connectivity index (χ1v) is 35.4. The lowest BCUT2D eigenvalue weighted by Crippen LogP contribution is -2.44. The summed E-state index contributed by atoms with van der Waals surface area (Å²) in [5.41, 5.74) is 0. The van der Waals surface area contributed by atoms with Crippen LogP contribution in [0.4, 0.5) is 0 Å². The maximum absolute atomic E-state index is 12.9. The fraction of sp³-hybridized carbons (Fsp3) is 0.750. The van der Waals surface area contributed by atoms with E-state index in [2.05, 4.69) is 111 Å². The molecule has 0 aliphatic carbocycles. The number of likely N-dealkylation sites (N-methyl/N-ethyl adjacent to an activating group) is 1. The van der Waals surface area contributed by atoms with Gasteiger partial charge in [-0.15, -0.1) is 0 Å². The molecule has 2 unspecified atom stereocenters. The van der Waals surface area contributed by atoms with E-state index >= 15 is 0 Å². The number of carbonyl (C=O) groups is 3. The zero-order valence-electron chi connectivity index (χ0n) is 56.0. The summed E-state index contributed by atoms with van der Waals surface area (Å²) in [5.74, 6) is -2.27. The van der Waals surface area contributed by atoms with Crippen molar-refractivity contribution in [1.29, 1.82) is 0 Å². The second-order valence-electron chi connectivity index (χ2n) is 24.8. The molecule has 0 aliphatic heterocycles. The number of hydrogen-bond acceptors (Lipinski definition) is 8. The molecule has 0 saturated heterocycles. The van der Waals surface area contributed by atoms with Gasteiger partial charge in [0.15, 0.2) is 12.4 Å². The van der Waals surface area contributed by atoms with Crippen molar-refractivity contribution in [3.05, 3.63) is 97.2 Å². The number of esters is 2. The van der Waals surface area contributed by atoms with Gasteiger partial charge in [-0.25, -0.2) is 0 Å². The molecule has 0 aromatic carbocycles. The molecule has 0 rings (SSSR count). The molecular formula is C76H133NO8. The third kappa shape index (κ3) is 67.6. The van der Waals surface area contributed by atoms with Crippen molar-refractivity contribution >= 4 is 17.9 Å². The summed E-state index contributed by atoms with van der Waals surface area (Å²) in [5, 5.41) is 11.8. The van der Waals surface area contributed by atoms with Crippen molar-refractivity contribution in [3.63, 3.8) is 0 Å². The van der Waals surface area contributed by atoms with Crippen molar-refractivity contribution in [2.75, 3.05) is 47.5 Å². The Bertz CT molecular complexity index is 1720. The van der Waals surface area contributed by atoms with E-state index in [1.807, 2.05) is 21.1 Å².